The van der Waals surface area contributed by atoms with Crippen molar-refractivity contribution >= 4 is 21.4 Å². The Bertz CT molecular complexity index is 830. The number of nitrogens with one attached hydrogen (secondary N) is 1. The number of sulfonamides is 1. The van der Waals surface area contributed by atoms with E-state index in [1.165, 1.54) is 5.56 Å². The Morgan fingerprint density at radius 1 is 1.12 bits per heavy atom. The summed E-state index contributed by atoms with van der Waals surface area (Å²) in [5, 5.41) is 0. The molecule has 2 aromatic carbocycles. The summed E-state index contributed by atoms with van der Waals surface area (Å²) in [5.41, 5.74) is 2.52. The summed E-state index contributed by atoms with van der Waals surface area (Å²) < 4.78 is 33.5. The van der Waals surface area contributed by atoms with Crippen molar-refractivity contribution in [1.82, 2.24) is 0 Å². The molecule has 24 heavy (non-hydrogen) atoms. The fourth-order valence-corrected chi connectivity index (χ4v) is 3.73. The number of rotatable bonds is 4. The molecule has 0 saturated heterocycles. The van der Waals surface area contributed by atoms with E-state index in [1.54, 1.807) is 30.3 Å². The van der Waals surface area contributed by atoms with Crippen LogP contribution < -0.4 is 14.4 Å². The zero-order chi connectivity index (χ0) is 17.3. The van der Waals surface area contributed by atoms with Crippen LogP contribution in [-0.4, -0.2) is 28.6 Å². The first kappa shape index (κ1) is 16.6. The van der Waals surface area contributed by atoms with E-state index in [-0.39, 0.29) is 4.90 Å². The number of nitrogens with zero attached hydrogens (tertiary/aromatic N) is 1. The van der Waals surface area contributed by atoms with Gasteiger partial charge in [-0.15, -0.1) is 0 Å². The minimum Gasteiger partial charge on any atom is -0.490 e. The van der Waals surface area contributed by atoms with Gasteiger partial charge in [0.1, 0.15) is 12.4 Å². The van der Waals surface area contributed by atoms with Crippen molar-refractivity contribution in [3.05, 3.63) is 48.0 Å². The largest absolute Gasteiger partial charge is 0.490 e. The molecule has 0 bridgehead atoms. The van der Waals surface area contributed by atoms with Crippen LogP contribution in [0, 0.1) is 0 Å². The van der Waals surface area contributed by atoms with Crippen LogP contribution in [0.15, 0.2) is 47.4 Å². The number of ether oxygens (including phenoxy) is 1. The molecule has 1 N–H and O–H groups in total. The summed E-state index contributed by atoms with van der Waals surface area (Å²) in [6, 6.07) is 12.4. The first-order valence-corrected chi connectivity index (χ1v) is 9.46. The topological polar surface area (TPSA) is 58.6 Å². The number of hydrogen-bond acceptors (Lipinski definition) is 4. The molecule has 1 heterocycles. The first-order valence-electron chi connectivity index (χ1n) is 7.97. The second-order valence-corrected chi connectivity index (χ2v) is 7.96. The quantitative estimate of drug-likeness (QED) is 0.921. The number of fused-ring (bicyclic) bond motifs is 1. The van der Waals surface area contributed by atoms with Gasteiger partial charge in [-0.25, -0.2) is 8.42 Å². The van der Waals surface area contributed by atoms with Gasteiger partial charge in [-0.2, -0.15) is 0 Å². The fraction of sp³-hybridized carbons (Fsp3) is 0.333. The van der Waals surface area contributed by atoms with Crippen LogP contribution in [0.2, 0.25) is 0 Å². The summed E-state index contributed by atoms with van der Waals surface area (Å²) in [5.74, 6) is 1.12. The molecule has 0 fully saturated rings. The third-order valence-electron chi connectivity index (χ3n) is 4.17. The number of likely N-dealkylation sites (N-methyl/N-ethyl adjacent to an activating group) is 1. The van der Waals surface area contributed by atoms with Crippen LogP contribution in [0.1, 0.15) is 25.3 Å². The lowest BCUT2D eigenvalue weighted by Gasteiger charge is -2.28. The molecule has 0 spiro atoms. The Balaban J connectivity index is 1.86. The molecular weight excluding hydrogens is 324 g/mol. The minimum absolute atomic E-state index is 0.228. The van der Waals surface area contributed by atoms with Crippen molar-refractivity contribution in [1.29, 1.82) is 0 Å². The molecule has 0 aromatic heterocycles. The van der Waals surface area contributed by atoms with Gasteiger partial charge in [0.2, 0.25) is 0 Å². The number of anilines is 2. The maximum Gasteiger partial charge on any atom is 0.261 e. The van der Waals surface area contributed by atoms with Crippen LogP contribution in [-0.2, 0) is 10.0 Å². The molecule has 128 valence electrons. The second-order valence-electron chi connectivity index (χ2n) is 6.28. The lowest BCUT2D eigenvalue weighted by atomic mass is 10.0. The Morgan fingerprint density at radius 2 is 1.83 bits per heavy atom. The molecule has 2 aromatic rings. The lowest BCUT2D eigenvalue weighted by Crippen LogP contribution is -2.29. The number of benzene rings is 2. The van der Waals surface area contributed by atoms with E-state index in [9.17, 15) is 8.42 Å². The molecule has 0 unspecified atom stereocenters. The van der Waals surface area contributed by atoms with Gasteiger partial charge in [-0.1, -0.05) is 26.0 Å². The summed E-state index contributed by atoms with van der Waals surface area (Å²) in [6.07, 6.45) is 0. The van der Waals surface area contributed by atoms with Crippen LogP contribution in [0.3, 0.4) is 0 Å². The Labute approximate surface area is 143 Å². The highest BCUT2D eigenvalue weighted by atomic mass is 32.2. The van der Waals surface area contributed by atoms with Gasteiger partial charge in [0.25, 0.3) is 10.0 Å². The van der Waals surface area contributed by atoms with Crippen molar-refractivity contribution < 1.29 is 13.2 Å². The van der Waals surface area contributed by atoms with E-state index in [0.717, 1.165) is 12.2 Å². The van der Waals surface area contributed by atoms with Gasteiger partial charge in [0.05, 0.1) is 17.1 Å². The minimum atomic E-state index is -3.64. The molecule has 6 heteroatoms. The maximum atomic E-state index is 12.6. The molecule has 5 nitrogen and oxygen atoms in total. The second kappa shape index (κ2) is 6.36. The predicted molar refractivity (Wildman–Crippen MR) is 96.5 cm³/mol. The van der Waals surface area contributed by atoms with E-state index in [0.29, 0.717) is 24.0 Å². The highest BCUT2D eigenvalue weighted by Crippen LogP contribution is 2.33. The molecule has 0 aliphatic carbocycles. The van der Waals surface area contributed by atoms with Crippen LogP contribution in [0.4, 0.5) is 11.4 Å². The fourth-order valence-electron chi connectivity index (χ4n) is 2.65. The maximum absolute atomic E-state index is 12.6. The third-order valence-corrected chi connectivity index (χ3v) is 5.54. The third kappa shape index (κ3) is 3.33. The van der Waals surface area contributed by atoms with Crippen molar-refractivity contribution in [2.45, 2.75) is 24.7 Å². The Morgan fingerprint density at radius 3 is 2.50 bits per heavy atom. The highest BCUT2D eigenvalue weighted by Gasteiger charge is 2.20. The molecule has 0 radical (unpaired) electrons. The van der Waals surface area contributed by atoms with E-state index in [4.69, 9.17) is 4.74 Å². The van der Waals surface area contributed by atoms with Gasteiger partial charge in [-0.3, -0.25) is 4.72 Å². The van der Waals surface area contributed by atoms with Crippen LogP contribution in [0.5, 0.6) is 5.75 Å². The summed E-state index contributed by atoms with van der Waals surface area (Å²) in [6.45, 7) is 5.55. The monoisotopic (exact) mass is 346 g/mol. The van der Waals surface area contributed by atoms with Gasteiger partial charge in [-0.05, 0) is 41.8 Å². The summed E-state index contributed by atoms with van der Waals surface area (Å²) >= 11 is 0. The molecule has 0 saturated carbocycles. The van der Waals surface area contributed by atoms with Gasteiger partial charge < -0.3 is 9.64 Å². The molecule has 1 aliphatic heterocycles. The smallest absolute Gasteiger partial charge is 0.261 e. The Kier molecular flexibility index (Phi) is 4.41. The standard InChI is InChI=1S/C18H22N2O3S/c1-13(2)14-4-6-15(7-5-14)19-24(21,22)16-8-9-18-17(12-16)20(3)10-11-23-18/h4-9,12-13,19H,10-11H2,1-3H3. The van der Waals surface area contributed by atoms with Crippen molar-refractivity contribution in [3.8, 4) is 5.75 Å². The van der Waals surface area contributed by atoms with E-state index in [2.05, 4.69) is 18.6 Å². The van der Waals surface area contributed by atoms with E-state index < -0.39 is 10.0 Å². The van der Waals surface area contributed by atoms with E-state index >= 15 is 0 Å². The predicted octanol–water partition coefficient (Wildman–Crippen LogP) is 3.44. The van der Waals surface area contributed by atoms with Crippen LogP contribution >= 0.6 is 0 Å². The highest BCUT2D eigenvalue weighted by molar-refractivity contribution is 7.92. The van der Waals surface area contributed by atoms with Gasteiger partial charge in [0.15, 0.2) is 0 Å². The van der Waals surface area contributed by atoms with Crippen LogP contribution in [0.25, 0.3) is 0 Å². The average molecular weight is 346 g/mol. The SMILES string of the molecule is CC(C)c1ccc(NS(=O)(=O)c2ccc3c(c2)N(C)CCO3)cc1. The first-order chi connectivity index (χ1) is 11.4. The Hall–Kier alpha value is -2.21. The van der Waals surface area contributed by atoms with Gasteiger partial charge >= 0.3 is 0 Å². The number of hydrogen-bond donors (Lipinski definition) is 1. The lowest BCUT2D eigenvalue weighted by molar-refractivity contribution is 0.311. The van der Waals surface area contributed by atoms with Crippen molar-refractivity contribution in [3.63, 3.8) is 0 Å². The van der Waals surface area contributed by atoms with Gasteiger partial charge in [0, 0.05) is 12.7 Å². The molecule has 0 amide bonds. The zero-order valence-corrected chi connectivity index (χ0v) is 14.9. The average Bonchev–Trinajstić information content (AvgIpc) is 2.55. The molecular formula is C18H22N2O3S. The van der Waals surface area contributed by atoms with Crippen molar-refractivity contribution in [2.24, 2.45) is 0 Å². The summed E-state index contributed by atoms with van der Waals surface area (Å²) in [7, 11) is -1.71. The molecule has 1 aliphatic rings. The molecule has 3 rings (SSSR count). The molecule has 0 atom stereocenters. The van der Waals surface area contributed by atoms with E-state index in [1.807, 2.05) is 24.1 Å². The van der Waals surface area contributed by atoms with Crippen molar-refractivity contribution in [2.75, 3.05) is 29.8 Å². The summed E-state index contributed by atoms with van der Waals surface area (Å²) in [4.78, 5) is 2.22. The normalized spacial score (nSPS) is 14.2. The zero-order valence-electron chi connectivity index (χ0n) is 14.1.